The number of benzene rings is 1. The molecule has 0 saturated carbocycles. The first-order valence-corrected chi connectivity index (χ1v) is 10.1. The zero-order valence-electron chi connectivity index (χ0n) is 14.5. The summed E-state index contributed by atoms with van der Waals surface area (Å²) < 4.78 is 1.19. The number of amides is 2. The molecule has 138 valence electrons. The van der Waals surface area contributed by atoms with Crippen LogP contribution in [0.5, 0.6) is 0 Å². The van der Waals surface area contributed by atoms with Gasteiger partial charge in [-0.15, -0.1) is 0 Å². The number of nitrogens with two attached hydrogens (primary N) is 1. The Hall–Kier alpha value is -2.11. The highest BCUT2D eigenvalue weighted by molar-refractivity contribution is 7.47. The first-order valence-electron chi connectivity index (χ1n) is 8.89. The highest BCUT2D eigenvalue weighted by Gasteiger charge is 2.29. The molecular weight excluding hydrogens is 351 g/mol. The van der Waals surface area contributed by atoms with E-state index in [-0.39, 0.29) is 17.9 Å². The van der Waals surface area contributed by atoms with E-state index < -0.39 is 11.9 Å². The number of hydrogen-bond acceptors (Lipinski definition) is 5. The second kappa shape index (κ2) is 8.52. The molecule has 1 aliphatic rings. The molecule has 7 nitrogen and oxygen atoms in total. The molecule has 8 heteroatoms. The van der Waals surface area contributed by atoms with Crippen molar-refractivity contribution in [2.24, 2.45) is 5.73 Å². The summed E-state index contributed by atoms with van der Waals surface area (Å²) in [5.41, 5.74) is 5.21. The number of fused-ring (bicyclic) bond motifs is 1. The van der Waals surface area contributed by atoms with Crippen molar-refractivity contribution in [3.05, 3.63) is 34.7 Å². The lowest BCUT2D eigenvalue weighted by atomic mass is 10.1. The minimum absolute atomic E-state index is 0.215. The smallest absolute Gasteiger partial charge is 0.275 e. The molecule has 0 bridgehead atoms. The molecule has 26 heavy (non-hydrogen) atoms. The van der Waals surface area contributed by atoms with E-state index in [1.54, 1.807) is 6.20 Å². The normalized spacial score (nSPS) is 18.0. The van der Waals surface area contributed by atoms with Gasteiger partial charge in [0.2, 0.25) is 5.91 Å². The Bertz CT molecular complexity index is 880. The van der Waals surface area contributed by atoms with Crippen molar-refractivity contribution in [3.8, 4) is 0 Å². The first-order chi connectivity index (χ1) is 12.6. The van der Waals surface area contributed by atoms with Crippen LogP contribution in [-0.4, -0.2) is 34.3 Å². The Kier molecular flexibility index (Phi) is 6.12. The van der Waals surface area contributed by atoms with Gasteiger partial charge in [-0.05, 0) is 49.4 Å². The van der Waals surface area contributed by atoms with Crippen LogP contribution >= 0.6 is 8.58 Å². The SMILES string of the molecule is NCCCCCPc1ccc2c(=O)n(C3CCC(=O)NC3=O)ncc2c1. The van der Waals surface area contributed by atoms with Crippen molar-refractivity contribution >= 4 is 36.5 Å². The highest BCUT2D eigenvalue weighted by atomic mass is 31.1. The molecule has 2 aromatic rings. The van der Waals surface area contributed by atoms with Crippen molar-refractivity contribution < 1.29 is 9.59 Å². The van der Waals surface area contributed by atoms with Crippen molar-refractivity contribution in [2.45, 2.75) is 38.1 Å². The van der Waals surface area contributed by atoms with Crippen LogP contribution in [0.4, 0.5) is 0 Å². The number of rotatable bonds is 7. The van der Waals surface area contributed by atoms with Crippen LogP contribution in [0.2, 0.25) is 0 Å². The van der Waals surface area contributed by atoms with Crippen LogP contribution in [0.15, 0.2) is 29.2 Å². The lowest BCUT2D eigenvalue weighted by Crippen LogP contribution is -2.45. The van der Waals surface area contributed by atoms with E-state index in [2.05, 4.69) is 10.4 Å². The molecule has 0 spiro atoms. The van der Waals surface area contributed by atoms with Crippen LogP contribution in [-0.2, 0) is 9.59 Å². The van der Waals surface area contributed by atoms with Crippen molar-refractivity contribution in [2.75, 3.05) is 12.7 Å². The molecule has 1 aromatic carbocycles. The number of carbonyl (C=O) groups excluding carboxylic acids is 2. The van der Waals surface area contributed by atoms with E-state index in [1.165, 1.54) is 9.99 Å². The molecule has 1 fully saturated rings. The van der Waals surface area contributed by atoms with Gasteiger partial charge in [0.25, 0.3) is 11.5 Å². The summed E-state index contributed by atoms with van der Waals surface area (Å²) >= 11 is 0. The van der Waals surface area contributed by atoms with Crippen molar-refractivity contribution in [1.29, 1.82) is 0 Å². The summed E-state index contributed by atoms with van der Waals surface area (Å²) in [5, 5.41) is 8.98. The van der Waals surface area contributed by atoms with Gasteiger partial charge >= 0.3 is 0 Å². The zero-order valence-corrected chi connectivity index (χ0v) is 15.5. The summed E-state index contributed by atoms with van der Waals surface area (Å²) in [5.74, 6) is -0.775. The number of aromatic nitrogens is 2. The second-order valence-corrected chi connectivity index (χ2v) is 7.87. The van der Waals surface area contributed by atoms with Gasteiger partial charge in [-0.2, -0.15) is 5.10 Å². The van der Waals surface area contributed by atoms with Gasteiger partial charge in [0.15, 0.2) is 0 Å². The lowest BCUT2D eigenvalue weighted by molar-refractivity contribution is -0.136. The van der Waals surface area contributed by atoms with Crippen LogP contribution in [0, 0.1) is 0 Å². The summed E-state index contributed by atoms with van der Waals surface area (Å²) in [6, 6.07) is 5.05. The lowest BCUT2D eigenvalue weighted by Gasteiger charge is -2.21. The molecule has 1 aromatic heterocycles. The van der Waals surface area contributed by atoms with Crippen molar-refractivity contribution in [3.63, 3.8) is 0 Å². The van der Waals surface area contributed by atoms with E-state index in [4.69, 9.17) is 5.73 Å². The number of imide groups is 1. The Morgan fingerprint density at radius 3 is 2.85 bits per heavy atom. The van der Waals surface area contributed by atoms with Crippen LogP contribution < -0.4 is 21.9 Å². The monoisotopic (exact) mass is 374 g/mol. The van der Waals surface area contributed by atoms with Crippen LogP contribution in [0.3, 0.4) is 0 Å². The number of carbonyl (C=O) groups is 2. The molecule has 1 aliphatic heterocycles. The third-order valence-electron chi connectivity index (χ3n) is 4.53. The van der Waals surface area contributed by atoms with Gasteiger partial charge in [-0.25, -0.2) is 4.68 Å². The average molecular weight is 374 g/mol. The fraction of sp³-hybridized carbons (Fsp3) is 0.444. The molecule has 3 N–H and O–H groups in total. The fourth-order valence-corrected chi connectivity index (χ4v) is 4.27. The Morgan fingerprint density at radius 2 is 2.08 bits per heavy atom. The molecule has 0 aliphatic carbocycles. The molecule has 2 amide bonds. The van der Waals surface area contributed by atoms with Gasteiger partial charge in [-0.3, -0.25) is 19.7 Å². The third-order valence-corrected chi connectivity index (χ3v) is 5.85. The first kappa shape index (κ1) is 18.7. The Balaban J connectivity index is 1.77. The van der Waals surface area contributed by atoms with E-state index >= 15 is 0 Å². The molecule has 3 rings (SSSR count). The molecular formula is C18H23N4O3P. The maximum absolute atomic E-state index is 12.7. The van der Waals surface area contributed by atoms with Gasteiger partial charge < -0.3 is 5.73 Å². The number of hydrogen-bond donors (Lipinski definition) is 2. The van der Waals surface area contributed by atoms with E-state index in [0.29, 0.717) is 20.4 Å². The average Bonchev–Trinajstić information content (AvgIpc) is 2.63. The number of unbranched alkanes of at least 4 members (excludes halogenated alkanes) is 2. The molecule has 2 atom stereocenters. The molecule has 0 radical (unpaired) electrons. The molecule has 2 heterocycles. The van der Waals surface area contributed by atoms with Crippen molar-refractivity contribution in [1.82, 2.24) is 15.1 Å². The Labute approximate surface area is 153 Å². The van der Waals surface area contributed by atoms with Gasteiger partial charge in [0.05, 0.1) is 11.6 Å². The zero-order chi connectivity index (χ0) is 18.5. The predicted molar refractivity (Wildman–Crippen MR) is 103 cm³/mol. The molecule has 2 unspecified atom stereocenters. The van der Waals surface area contributed by atoms with Gasteiger partial charge in [0.1, 0.15) is 6.04 Å². The summed E-state index contributed by atoms with van der Waals surface area (Å²) in [6.45, 7) is 0.740. The predicted octanol–water partition coefficient (Wildman–Crippen LogP) is 0.807. The van der Waals surface area contributed by atoms with E-state index in [0.717, 1.165) is 37.4 Å². The largest absolute Gasteiger partial charge is 0.330 e. The number of piperidine rings is 1. The minimum atomic E-state index is -0.728. The summed E-state index contributed by atoms with van der Waals surface area (Å²) in [7, 11) is 0.692. The van der Waals surface area contributed by atoms with Crippen LogP contribution in [0.25, 0.3) is 10.8 Å². The number of nitrogens with one attached hydrogen (secondary N) is 1. The summed E-state index contributed by atoms with van der Waals surface area (Å²) in [4.78, 5) is 36.0. The number of nitrogens with zero attached hydrogens (tertiary/aromatic N) is 2. The minimum Gasteiger partial charge on any atom is -0.330 e. The third kappa shape index (κ3) is 4.17. The maximum atomic E-state index is 12.7. The fourth-order valence-electron chi connectivity index (χ4n) is 3.09. The maximum Gasteiger partial charge on any atom is 0.275 e. The standard InChI is InChI=1S/C18H23N4O3P/c19-8-2-1-3-9-26-13-4-5-14-12(10-13)11-20-22(18(14)25)15-6-7-16(23)21-17(15)24/h4-5,10-11,15,26H,1-3,6-9,19H2,(H,21,23,24). The second-order valence-electron chi connectivity index (χ2n) is 6.44. The van der Waals surface area contributed by atoms with E-state index in [9.17, 15) is 14.4 Å². The van der Waals surface area contributed by atoms with E-state index in [1.807, 2.05) is 18.2 Å². The summed E-state index contributed by atoms with van der Waals surface area (Å²) in [6.07, 6.45) is 6.62. The highest BCUT2D eigenvalue weighted by Crippen LogP contribution is 2.19. The quantitative estimate of drug-likeness (QED) is 0.424. The molecule has 1 saturated heterocycles. The Morgan fingerprint density at radius 1 is 1.23 bits per heavy atom. The topological polar surface area (TPSA) is 107 Å². The van der Waals surface area contributed by atoms with Gasteiger partial charge in [0, 0.05) is 11.8 Å². The van der Waals surface area contributed by atoms with Gasteiger partial charge in [-0.1, -0.05) is 21.1 Å². The van der Waals surface area contributed by atoms with Crippen LogP contribution in [0.1, 0.15) is 38.1 Å².